The topological polar surface area (TPSA) is 380 Å². The minimum absolute atomic E-state index is 0. The van der Waals surface area contributed by atoms with E-state index in [-0.39, 0.29) is 133 Å². The molecule has 1 heterocycles. The molecule has 590 valence electrons. The number of carbonyl (C=O) groups is 13. The van der Waals surface area contributed by atoms with Crippen LogP contribution in [-0.2, 0) is 73.4 Å². The van der Waals surface area contributed by atoms with E-state index >= 15 is 0 Å². The molecule has 3 aromatic carbocycles. The number of ether oxygens (including phenoxy) is 5. The summed E-state index contributed by atoms with van der Waals surface area (Å²) in [5.41, 5.74) is 3.21. The molecule has 1 aliphatic carbocycles. The molecule has 107 heavy (non-hydrogen) atoms. The Morgan fingerprint density at radius 2 is 0.869 bits per heavy atom. The maximum Gasteiger partial charge on any atom is 1.00 e. The number of rotatable bonds is 31. The van der Waals surface area contributed by atoms with Gasteiger partial charge in [0.05, 0.1) is 25.3 Å². The molecule has 3 aromatic rings. The quantitative estimate of drug-likeness (QED) is 0.0260. The van der Waals surface area contributed by atoms with E-state index in [4.69, 9.17) is 28.8 Å². The van der Waals surface area contributed by atoms with Gasteiger partial charge in [0.2, 0.25) is 23.6 Å². The molecule has 0 fully saturated rings. The molecule has 10 amide bonds. The second-order valence-corrected chi connectivity index (χ2v) is 28.3. The number of carbonyl (C=O) groups excluding carboxylic acids is 11. The van der Waals surface area contributed by atoms with E-state index in [2.05, 4.69) is 5.32 Å². The third-order valence-corrected chi connectivity index (χ3v) is 16.2. The van der Waals surface area contributed by atoms with Gasteiger partial charge < -0.3 is 79.0 Å². The monoisotopic (exact) mass is 1500 g/mol. The fourth-order valence-corrected chi connectivity index (χ4v) is 10.2. The number of esters is 1. The number of benzene rings is 3. The number of carboxylic acid groups (broad SMARTS) is 2. The standard InChI is InChI=1S/C36H43N3O7.C24H38N4O8.C14H27N3O5.CH4.Li.H2O/c1-36(2,3)46-34(42)38(5)21-20-37(4)33(41)31(22-32(40)44-23-25-14-8-7-9-15-25)39(6)35(43)45-24-30-28-18-12-10-16-26(28)27-17-11-13-19-29(27)30;1-24(2,3)36-23(35)26(5)15-14-25(4)22(34)17(16-21(32)33)27(6)18(29)10-8-7-9-13-28-19(30)11-12-20(28)31;1-14(2,3)22-13(21)17(6)8-7-16(5)12(20)10(15-4)9-11(18)19;;;/h7-19,30-31H,20-24H2,1-6H3;11-12,17H,7-10,13-16H2,1-6H3,(H,32,33);10,15H,7-9H2,1-6H3,(H,18,19);1H4;;1H2/q;;;;+1;/p-1/t31-;17-;10-;;;/m000.../s1. The molecule has 3 atom stereocenters. The molecule has 5 rings (SSSR count). The number of hydrogen-bond donors (Lipinski definition) is 3. The number of carboxylic acids is 2. The van der Waals surface area contributed by atoms with E-state index in [1.54, 1.807) is 90.5 Å². The van der Waals surface area contributed by atoms with Gasteiger partial charge in [0.15, 0.2) is 0 Å². The zero-order chi connectivity index (χ0) is 78.6. The summed E-state index contributed by atoms with van der Waals surface area (Å²) in [7, 11) is 13.7. The van der Waals surface area contributed by atoms with Gasteiger partial charge in [0.25, 0.3) is 11.8 Å². The maximum absolute atomic E-state index is 13.7. The second-order valence-electron chi connectivity index (χ2n) is 28.3. The Balaban J connectivity index is 0.00000165. The van der Waals surface area contributed by atoms with E-state index < -0.39 is 95.4 Å². The smallest absolute Gasteiger partial charge is 0.870 e. The van der Waals surface area contributed by atoms with Gasteiger partial charge in [-0.1, -0.05) is 92.7 Å². The molecule has 0 radical (unpaired) electrons. The van der Waals surface area contributed by atoms with E-state index in [1.807, 2.05) is 78.9 Å². The molecule has 32 heteroatoms. The molecule has 0 spiro atoms. The summed E-state index contributed by atoms with van der Waals surface area (Å²) in [6.45, 7) is 17.4. The Labute approximate surface area is 641 Å². The number of nitrogens with zero attached hydrogens (tertiary/aromatic N) is 9. The molecule has 0 bridgehead atoms. The minimum atomic E-state index is -1.22. The number of nitrogens with one attached hydrogen (secondary N) is 1. The summed E-state index contributed by atoms with van der Waals surface area (Å²) < 4.78 is 27.1. The Hall–Kier alpha value is -9.57. The number of hydrogen-bond acceptors (Lipinski definition) is 20. The Bertz CT molecular complexity index is 3420. The molecule has 1 aliphatic heterocycles. The van der Waals surface area contributed by atoms with Crippen LogP contribution in [0, 0.1) is 0 Å². The van der Waals surface area contributed by atoms with Crippen LogP contribution in [0.2, 0.25) is 0 Å². The van der Waals surface area contributed by atoms with Gasteiger partial charge in [-0.05, 0) is 110 Å². The Morgan fingerprint density at radius 3 is 1.27 bits per heavy atom. The fraction of sp³-hybridized carbons (Fsp3) is 0.560. The first-order valence-corrected chi connectivity index (χ1v) is 34.2. The molecule has 0 unspecified atom stereocenters. The summed E-state index contributed by atoms with van der Waals surface area (Å²) in [6.07, 6.45) is 0.575. The van der Waals surface area contributed by atoms with Crippen LogP contribution >= 0.6 is 0 Å². The van der Waals surface area contributed by atoms with Crippen molar-refractivity contribution in [3.63, 3.8) is 0 Å². The van der Waals surface area contributed by atoms with Crippen molar-refractivity contribution < 1.29 is 121 Å². The zero-order valence-electron chi connectivity index (χ0n) is 65.0. The number of fused-ring (bicyclic) bond motifs is 3. The maximum atomic E-state index is 13.7. The van der Waals surface area contributed by atoms with Crippen molar-refractivity contribution in [1.82, 2.24) is 49.4 Å². The summed E-state index contributed by atoms with van der Waals surface area (Å²) >= 11 is 0. The molecular weight excluding hydrogens is 1380 g/mol. The van der Waals surface area contributed by atoms with E-state index in [9.17, 15) is 67.4 Å². The van der Waals surface area contributed by atoms with Gasteiger partial charge in [0.1, 0.15) is 42.1 Å². The molecule has 0 saturated carbocycles. The van der Waals surface area contributed by atoms with Gasteiger partial charge in [-0.2, -0.15) is 0 Å². The number of likely N-dealkylation sites (N-methyl/N-ethyl adjacent to an activating group) is 9. The number of imide groups is 1. The number of aliphatic carboxylic acids is 2. The van der Waals surface area contributed by atoms with Crippen molar-refractivity contribution in [1.29, 1.82) is 0 Å². The summed E-state index contributed by atoms with van der Waals surface area (Å²) in [4.78, 5) is 171. The first-order chi connectivity index (χ1) is 48.5. The molecule has 2 aliphatic rings. The van der Waals surface area contributed by atoms with Crippen LogP contribution in [0.15, 0.2) is 91.0 Å². The van der Waals surface area contributed by atoms with Gasteiger partial charge in [-0.15, -0.1) is 0 Å². The van der Waals surface area contributed by atoms with Crippen LogP contribution in [0.3, 0.4) is 0 Å². The summed E-state index contributed by atoms with van der Waals surface area (Å²) in [5.74, 6) is -5.55. The average molecular weight is 1500 g/mol. The second kappa shape index (κ2) is 45.8. The van der Waals surface area contributed by atoms with Crippen LogP contribution < -0.4 is 24.2 Å². The van der Waals surface area contributed by atoms with Gasteiger partial charge in [-0.3, -0.25) is 53.0 Å². The third-order valence-electron chi connectivity index (χ3n) is 16.2. The van der Waals surface area contributed by atoms with Crippen molar-refractivity contribution in [2.24, 2.45) is 0 Å². The molecule has 4 N–H and O–H groups in total. The van der Waals surface area contributed by atoms with Gasteiger partial charge in [-0.25, -0.2) is 19.2 Å². The minimum Gasteiger partial charge on any atom is -0.870 e. The van der Waals surface area contributed by atoms with E-state index in [0.717, 1.165) is 42.5 Å². The summed E-state index contributed by atoms with van der Waals surface area (Å²) in [6, 6.07) is 22.0. The van der Waals surface area contributed by atoms with Crippen LogP contribution in [0.1, 0.15) is 137 Å². The van der Waals surface area contributed by atoms with Crippen molar-refractivity contribution in [3.8, 4) is 11.1 Å². The summed E-state index contributed by atoms with van der Waals surface area (Å²) in [5, 5.41) is 20.7. The van der Waals surface area contributed by atoms with Crippen LogP contribution in [0.25, 0.3) is 11.1 Å². The predicted molar refractivity (Wildman–Crippen MR) is 394 cm³/mol. The van der Waals surface area contributed by atoms with E-state index in [1.165, 1.54) is 76.8 Å². The SMILES string of the molecule is C.CN(CCN(C)C(=O)[C@H](CC(=O)O)N(C)C(=O)CCCCCN1C(=O)C=CC1=O)C(=O)OC(C)(C)C.CN(CCN(C)C(=O)[C@H](CC(=O)OCc1ccccc1)N(C)C(=O)OCC1c2ccccc2-c2ccccc21)C(=O)OC(C)(C)C.CN[C@@H](CC(=O)O)C(=O)N(C)CCN(C)C(=O)OC(C)(C)C.[Li+].[OH-]. The van der Waals surface area contributed by atoms with Gasteiger partial charge in [0, 0.05) is 127 Å². The number of amides is 10. The molecular formula is C75H113LiN10O21. The fourth-order valence-electron chi connectivity index (χ4n) is 10.2. The van der Waals surface area contributed by atoms with Gasteiger partial charge >= 0.3 is 61.1 Å². The van der Waals surface area contributed by atoms with Crippen molar-refractivity contribution in [2.75, 3.05) is 116 Å². The third kappa shape index (κ3) is 33.8. The van der Waals surface area contributed by atoms with Crippen LogP contribution in [0.4, 0.5) is 19.2 Å². The molecule has 0 aromatic heterocycles. The predicted octanol–water partition coefficient (Wildman–Crippen LogP) is 4.63. The first-order valence-electron chi connectivity index (χ1n) is 34.2. The Kier molecular flexibility index (Phi) is 41.7. The largest absolute Gasteiger partial charge is 1.00 e. The van der Waals surface area contributed by atoms with Crippen molar-refractivity contribution in [3.05, 3.63) is 108 Å². The normalized spacial score (nSPS) is 12.7. The van der Waals surface area contributed by atoms with E-state index in [0.29, 0.717) is 25.8 Å². The van der Waals surface area contributed by atoms with Crippen LogP contribution in [-0.4, -0.2) is 288 Å². The molecule has 31 nitrogen and oxygen atoms in total. The average Bonchev–Trinajstić information content (AvgIpc) is 1.62. The van der Waals surface area contributed by atoms with Crippen molar-refractivity contribution in [2.45, 2.75) is 162 Å². The molecule has 0 saturated heterocycles. The zero-order valence-corrected chi connectivity index (χ0v) is 65.0. The number of unbranched alkanes of at least 4 members (excludes halogenated alkanes) is 2. The van der Waals surface area contributed by atoms with Crippen molar-refractivity contribution >= 4 is 77.7 Å². The first kappa shape index (κ1) is 97.4. The van der Waals surface area contributed by atoms with Crippen LogP contribution in [0.5, 0.6) is 0 Å². The Morgan fingerprint density at radius 1 is 0.486 bits per heavy atom.